The van der Waals surface area contributed by atoms with Gasteiger partial charge in [0, 0.05) is 24.3 Å². The van der Waals surface area contributed by atoms with Crippen LogP contribution in [0.3, 0.4) is 0 Å². The molecule has 8 nitrogen and oxygen atoms in total. The minimum atomic E-state index is -0.213. The molecule has 34 heavy (non-hydrogen) atoms. The zero-order valence-corrected chi connectivity index (χ0v) is 20.3. The second kappa shape index (κ2) is 13.1. The molecule has 1 aliphatic rings. The van der Waals surface area contributed by atoms with Gasteiger partial charge in [-0.1, -0.05) is 42.6 Å². The lowest BCUT2D eigenvalue weighted by Crippen LogP contribution is -2.41. The SMILES string of the molecule is COc1cc(N)c(Cl)cc1C(=O)NC(CCCCCNC(=O)Nc1ccccc1)[C@@H]1CCNC1. The molecule has 1 unspecified atom stereocenters. The number of nitrogens with one attached hydrogen (secondary N) is 4. The largest absolute Gasteiger partial charge is 0.496 e. The standard InChI is InChI=1S/C25H34ClN5O3/c1-34-23-15-21(27)20(26)14-19(23)24(32)31-22(17-11-13-28-16-17)10-6-3-7-12-29-25(33)30-18-8-4-2-5-9-18/h2,4-5,8-9,14-15,17,22,28H,3,6-7,10-13,16,27H2,1H3,(H,31,32)(H2,29,30,33)/t17-,22?/m1/s1. The second-order valence-corrected chi connectivity index (χ2v) is 8.91. The summed E-state index contributed by atoms with van der Waals surface area (Å²) in [6.07, 6.45) is 4.65. The average molecular weight is 488 g/mol. The van der Waals surface area contributed by atoms with Crippen molar-refractivity contribution in [2.45, 2.75) is 38.1 Å². The van der Waals surface area contributed by atoms with Crippen LogP contribution in [0.25, 0.3) is 0 Å². The van der Waals surface area contributed by atoms with Crippen LogP contribution in [-0.4, -0.2) is 44.7 Å². The van der Waals surface area contributed by atoms with E-state index in [1.165, 1.54) is 7.11 Å². The number of ether oxygens (including phenoxy) is 1. The van der Waals surface area contributed by atoms with Gasteiger partial charge in [-0.2, -0.15) is 0 Å². The first-order chi connectivity index (χ1) is 16.5. The Morgan fingerprint density at radius 2 is 2.00 bits per heavy atom. The highest BCUT2D eigenvalue weighted by atomic mass is 35.5. The fourth-order valence-corrected chi connectivity index (χ4v) is 4.34. The van der Waals surface area contributed by atoms with Crippen molar-refractivity contribution < 1.29 is 14.3 Å². The maximum atomic E-state index is 13.0. The average Bonchev–Trinajstić information content (AvgIpc) is 3.37. The number of urea groups is 1. The maximum absolute atomic E-state index is 13.0. The molecule has 6 N–H and O–H groups in total. The fraction of sp³-hybridized carbons (Fsp3) is 0.440. The van der Waals surface area contributed by atoms with Crippen molar-refractivity contribution in [2.75, 3.05) is 37.8 Å². The molecule has 1 heterocycles. The summed E-state index contributed by atoms with van der Waals surface area (Å²) in [6.45, 7) is 2.43. The number of carbonyl (C=O) groups excluding carboxylic acids is 2. The fourth-order valence-electron chi connectivity index (χ4n) is 4.17. The lowest BCUT2D eigenvalue weighted by Gasteiger charge is -2.25. The van der Waals surface area contributed by atoms with E-state index in [1.54, 1.807) is 12.1 Å². The highest BCUT2D eigenvalue weighted by Gasteiger charge is 2.27. The van der Waals surface area contributed by atoms with Crippen LogP contribution >= 0.6 is 11.6 Å². The molecule has 0 spiro atoms. The molecule has 2 aromatic carbocycles. The number of halogens is 1. The highest BCUT2D eigenvalue weighted by molar-refractivity contribution is 6.33. The van der Waals surface area contributed by atoms with Gasteiger partial charge in [-0.15, -0.1) is 0 Å². The minimum absolute atomic E-state index is 0.0397. The van der Waals surface area contributed by atoms with Crippen molar-refractivity contribution >= 4 is 34.9 Å². The Morgan fingerprint density at radius 3 is 2.71 bits per heavy atom. The number of unbranched alkanes of at least 4 members (excludes halogenated alkanes) is 2. The summed E-state index contributed by atoms with van der Waals surface area (Å²) in [5.74, 6) is 0.562. The smallest absolute Gasteiger partial charge is 0.319 e. The first-order valence-electron chi connectivity index (χ1n) is 11.7. The van der Waals surface area contributed by atoms with E-state index < -0.39 is 0 Å². The molecular formula is C25H34ClN5O3. The zero-order chi connectivity index (χ0) is 24.3. The van der Waals surface area contributed by atoms with E-state index in [0.29, 0.717) is 34.5 Å². The van der Waals surface area contributed by atoms with Gasteiger partial charge >= 0.3 is 6.03 Å². The molecule has 184 valence electrons. The molecule has 0 aromatic heterocycles. The summed E-state index contributed by atoms with van der Waals surface area (Å²) in [4.78, 5) is 25.0. The lowest BCUT2D eigenvalue weighted by molar-refractivity contribution is 0.0917. The number of nitrogens with two attached hydrogens (primary N) is 1. The van der Waals surface area contributed by atoms with Crippen LogP contribution in [0, 0.1) is 5.92 Å². The quantitative estimate of drug-likeness (QED) is 0.242. The van der Waals surface area contributed by atoms with Crippen molar-refractivity contribution in [1.29, 1.82) is 0 Å². The monoisotopic (exact) mass is 487 g/mol. The minimum Gasteiger partial charge on any atom is -0.496 e. The van der Waals surface area contributed by atoms with E-state index in [9.17, 15) is 9.59 Å². The van der Waals surface area contributed by atoms with Gasteiger partial charge in [-0.05, 0) is 56.5 Å². The molecule has 2 aromatic rings. The van der Waals surface area contributed by atoms with Crippen molar-refractivity contribution in [3.8, 4) is 5.75 Å². The van der Waals surface area contributed by atoms with Gasteiger partial charge in [0.1, 0.15) is 5.75 Å². The van der Waals surface area contributed by atoms with Crippen LogP contribution in [-0.2, 0) is 0 Å². The van der Waals surface area contributed by atoms with Gasteiger partial charge in [0.15, 0.2) is 0 Å². The van der Waals surface area contributed by atoms with E-state index in [-0.39, 0.29) is 18.0 Å². The van der Waals surface area contributed by atoms with E-state index >= 15 is 0 Å². The summed E-state index contributed by atoms with van der Waals surface area (Å²) < 4.78 is 5.34. The number of hydrogen-bond donors (Lipinski definition) is 5. The van der Waals surface area contributed by atoms with Crippen LogP contribution < -0.4 is 31.7 Å². The van der Waals surface area contributed by atoms with Crippen LogP contribution in [0.5, 0.6) is 5.75 Å². The number of rotatable bonds is 11. The number of amides is 3. The Morgan fingerprint density at radius 1 is 1.21 bits per heavy atom. The molecule has 0 saturated carbocycles. The third kappa shape index (κ3) is 7.53. The van der Waals surface area contributed by atoms with Gasteiger partial charge in [0.05, 0.1) is 23.4 Å². The van der Waals surface area contributed by atoms with Gasteiger partial charge in [-0.25, -0.2) is 4.79 Å². The highest BCUT2D eigenvalue weighted by Crippen LogP contribution is 2.29. The van der Waals surface area contributed by atoms with Gasteiger partial charge < -0.3 is 31.7 Å². The Hall–Kier alpha value is -2.97. The maximum Gasteiger partial charge on any atom is 0.319 e. The zero-order valence-electron chi connectivity index (χ0n) is 19.5. The summed E-state index contributed by atoms with van der Waals surface area (Å²) >= 11 is 6.15. The van der Waals surface area contributed by atoms with Crippen molar-refractivity contribution in [1.82, 2.24) is 16.0 Å². The van der Waals surface area contributed by atoms with Gasteiger partial charge in [-0.3, -0.25) is 4.79 Å². The summed E-state index contributed by atoms with van der Waals surface area (Å²) in [6, 6.07) is 12.3. The number of carbonyl (C=O) groups is 2. The van der Waals surface area contributed by atoms with E-state index in [1.807, 2.05) is 30.3 Å². The van der Waals surface area contributed by atoms with E-state index in [2.05, 4.69) is 21.3 Å². The number of benzene rings is 2. The Kier molecular flexibility index (Phi) is 9.85. The summed E-state index contributed by atoms with van der Waals surface area (Å²) in [7, 11) is 1.51. The first-order valence-corrected chi connectivity index (χ1v) is 12.1. The summed E-state index contributed by atoms with van der Waals surface area (Å²) in [5, 5.41) is 12.6. The number of methoxy groups -OCH3 is 1. The number of anilines is 2. The predicted octanol–water partition coefficient (Wildman–Crippen LogP) is 4.02. The Labute approximate surface area is 206 Å². The molecule has 3 rings (SSSR count). The van der Waals surface area contributed by atoms with Crippen LogP contribution in [0.1, 0.15) is 42.5 Å². The molecule has 3 amide bonds. The molecule has 1 saturated heterocycles. The molecule has 9 heteroatoms. The topological polar surface area (TPSA) is 118 Å². The van der Waals surface area contributed by atoms with Crippen LogP contribution in [0.2, 0.25) is 5.02 Å². The van der Waals surface area contributed by atoms with Crippen molar-refractivity contribution in [2.24, 2.45) is 5.92 Å². The van der Waals surface area contributed by atoms with Crippen LogP contribution in [0.4, 0.5) is 16.2 Å². The van der Waals surface area contributed by atoms with Gasteiger partial charge in [0.2, 0.25) is 0 Å². The van der Waals surface area contributed by atoms with Gasteiger partial charge in [0.25, 0.3) is 5.91 Å². The summed E-state index contributed by atoms with van der Waals surface area (Å²) in [5.41, 5.74) is 7.37. The van der Waals surface area contributed by atoms with E-state index in [0.717, 1.165) is 50.9 Å². The van der Waals surface area contributed by atoms with E-state index in [4.69, 9.17) is 22.1 Å². The second-order valence-electron chi connectivity index (χ2n) is 8.50. The molecule has 0 bridgehead atoms. The number of nitrogen functional groups attached to an aromatic ring is 1. The lowest BCUT2D eigenvalue weighted by atomic mass is 9.93. The molecule has 1 aliphatic heterocycles. The molecule has 0 radical (unpaired) electrons. The Balaban J connectivity index is 1.46. The number of para-hydroxylation sites is 1. The van der Waals surface area contributed by atoms with Crippen molar-refractivity contribution in [3.05, 3.63) is 53.1 Å². The number of hydrogen-bond acceptors (Lipinski definition) is 5. The van der Waals surface area contributed by atoms with Crippen LogP contribution in [0.15, 0.2) is 42.5 Å². The molecule has 1 fully saturated rings. The normalized spacial score (nSPS) is 16.0. The third-order valence-electron chi connectivity index (χ3n) is 6.06. The predicted molar refractivity (Wildman–Crippen MR) is 137 cm³/mol. The molecule has 2 atom stereocenters. The molecular weight excluding hydrogens is 454 g/mol. The Bertz CT molecular complexity index is 951. The van der Waals surface area contributed by atoms with Crippen molar-refractivity contribution in [3.63, 3.8) is 0 Å². The third-order valence-corrected chi connectivity index (χ3v) is 6.38. The first kappa shape index (κ1) is 25.6. The molecule has 0 aliphatic carbocycles.